The molecule has 1 aliphatic rings. The topological polar surface area (TPSA) is 132 Å². The van der Waals surface area contributed by atoms with Crippen LogP contribution in [0.15, 0.2) is 65.6 Å². The Bertz CT molecular complexity index is 1660. The van der Waals surface area contributed by atoms with E-state index in [0.29, 0.717) is 10.0 Å². The molecule has 182 valence electrons. The molecule has 13 heteroatoms. The lowest BCUT2D eigenvalue weighted by atomic mass is 10.1. The van der Waals surface area contributed by atoms with Crippen LogP contribution in [0, 0.1) is 21.7 Å². The Labute approximate surface area is 201 Å². The van der Waals surface area contributed by atoms with Crippen LogP contribution in [0.5, 0.6) is 0 Å². The van der Waals surface area contributed by atoms with Gasteiger partial charge in [-0.25, -0.2) is 26.2 Å². The largest absolute Gasteiger partial charge is 0.274 e. The van der Waals surface area contributed by atoms with Crippen molar-refractivity contribution in [1.82, 2.24) is 13.9 Å². The van der Waals surface area contributed by atoms with Gasteiger partial charge in [-0.15, -0.1) is 0 Å². The third-order valence-electron chi connectivity index (χ3n) is 5.74. The fourth-order valence-corrected chi connectivity index (χ4v) is 5.53. The van der Waals surface area contributed by atoms with E-state index in [2.05, 4.69) is 4.98 Å². The van der Waals surface area contributed by atoms with Gasteiger partial charge in [0.05, 0.1) is 32.0 Å². The lowest BCUT2D eigenvalue weighted by Crippen LogP contribution is -2.32. The van der Waals surface area contributed by atoms with Gasteiger partial charge in [0.2, 0.25) is 0 Å². The number of hydrogen-bond acceptors (Lipinski definition) is 7. The zero-order chi connectivity index (χ0) is 25.8. The maximum absolute atomic E-state index is 14.1. The zero-order valence-corrected chi connectivity index (χ0v) is 18.9. The van der Waals surface area contributed by atoms with E-state index in [1.54, 1.807) is 12.1 Å². The number of carbonyl (C=O) groups is 2. The van der Waals surface area contributed by atoms with E-state index in [0.717, 1.165) is 35.2 Å². The summed E-state index contributed by atoms with van der Waals surface area (Å²) in [4.78, 5) is 40.3. The Hall–Kier alpha value is -4.52. The van der Waals surface area contributed by atoms with Crippen LogP contribution in [-0.2, 0) is 16.4 Å². The van der Waals surface area contributed by atoms with Crippen LogP contribution in [0.4, 0.5) is 14.5 Å². The Kier molecular flexibility index (Phi) is 5.36. The summed E-state index contributed by atoms with van der Waals surface area (Å²) in [6.07, 6.45) is -0.254. The number of nitrogens with zero attached hydrogens (tertiary/aromatic N) is 4. The standard InChI is InChI=1S/C23H14F2N4O6S/c24-17-11-19-20(12-18(17)25)28(36(34,35)14-7-5-13(6-8-14)29(32)33)21(26-19)9-10-27-22(30)15-3-1-2-4-16(15)23(27)31/h1-8,11-12H,9-10H2. The van der Waals surface area contributed by atoms with Crippen molar-refractivity contribution in [1.29, 1.82) is 0 Å². The van der Waals surface area contributed by atoms with Crippen LogP contribution in [0.3, 0.4) is 0 Å². The van der Waals surface area contributed by atoms with Gasteiger partial charge in [-0.3, -0.25) is 24.6 Å². The summed E-state index contributed by atoms with van der Waals surface area (Å²) < 4.78 is 55.6. The van der Waals surface area contributed by atoms with Crippen LogP contribution >= 0.6 is 0 Å². The quantitative estimate of drug-likeness (QED) is 0.220. The van der Waals surface area contributed by atoms with E-state index >= 15 is 0 Å². The molecule has 3 aromatic carbocycles. The molecule has 0 unspecified atom stereocenters. The number of rotatable bonds is 6. The van der Waals surface area contributed by atoms with E-state index in [1.165, 1.54) is 12.1 Å². The number of nitro groups is 1. The highest BCUT2D eigenvalue weighted by Crippen LogP contribution is 2.28. The highest BCUT2D eigenvalue weighted by atomic mass is 32.2. The highest BCUT2D eigenvalue weighted by Gasteiger charge is 2.35. The van der Waals surface area contributed by atoms with Crippen molar-refractivity contribution in [2.75, 3.05) is 6.54 Å². The van der Waals surface area contributed by atoms with Crippen molar-refractivity contribution in [2.24, 2.45) is 0 Å². The van der Waals surface area contributed by atoms with Crippen molar-refractivity contribution in [3.63, 3.8) is 0 Å². The van der Waals surface area contributed by atoms with Gasteiger partial charge in [0, 0.05) is 37.2 Å². The summed E-state index contributed by atoms with van der Waals surface area (Å²) in [5.41, 5.74) is -0.373. The Morgan fingerprint density at radius 1 is 0.917 bits per heavy atom. The maximum atomic E-state index is 14.1. The van der Waals surface area contributed by atoms with Crippen molar-refractivity contribution in [3.05, 3.63) is 99.4 Å². The second kappa shape index (κ2) is 8.30. The molecule has 0 bridgehead atoms. The molecular formula is C23H14F2N4O6S. The van der Waals surface area contributed by atoms with E-state index < -0.39 is 38.4 Å². The highest BCUT2D eigenvalue weighted by molar-refractivity contribution is 7.90. The summed E-state index contributed by atoms with van der Waals surface area (Å²) >= 11 is 0. The fourth-order valence-electron chi connectivity index (χ4n) is 4.03. The number of imide groups is 1. The third kappa shape index (κ3) is 3.60. The normalized spacial score (nSPS) is 13.4. The number of amides is 2. The van der Waals surface area contributed by atoms with E-state index in [-0.39, 0.29) is 51.5 Å². The lowest BCUT2D eigenvalue weighted by molar-refractivity contribution is -0.384. The van der Waals surface area contributed by atoms with Crippen LogP contribution in [-0.4, -0.2) is 45.6 Å². The molecule has 0 fully saturated rings. The van der Waals surface area contributed by atoms with Crippen molar-refractivity contribution >= 4 is 38.6 Å². The number of halogens is 2. The summed E-state index contributed by atoms with van der Waals surface area (Å²) in [6.45, 7) is -0.254. The Balaban J connectivity index is 1.58. The van der Waals surface area contributed by atoms with Gasteiger partial charge in [-0.2, -0.15) is 0 Å². The van der Waals surface area contributed by atoms with Gasteiger partial charge in [0.15, 0.2) is 11.6 Å². The van der Waals surface area contributed by atoms with Gasteiger partial charge >= 0.3 is 0 Å². The SMILES string of the molecule is O=C1c2ccccc2C(=O)N1CCc1nc2cc(F)c(F)cc2n1S(=O)(=O)c1ccc([N+](=O)[O-])cc1. The van der Waals surface area contributed by atoms with Crippen LogP contribution in [0.25, 0.3) is 11.0 Å². The summed E-state index contributed by atoms with van der Waals surface area (Å²) in [6, 6.07) is 11.6. The minimum absolute atomic E-state index is 0.170. The molecule has 2 amide bonds. The van der Waals surface area contributed by atoms with E-state index in [9.17, 15) is 36.9 Å². The first-order valence-electron chi connectivity index (χ1n) is 10.4. The van der Waals surface area contributed by atoms with E-state index in [4.69, 9.17) is 0 Å². The third-order valence-corrected chi connectivity index (χ3v) is 7.50. The molecule has 1 aliphatic heterocycles. The molecule has 10 nitrogen and oxygen atoms in total. The first kappa shape index (κ1) is 23.2. The fraction of sp³-hybridized carbons (Fsp3) is 0.0870. The van der Waals surface area contributed by atoms with Gasteiger partial charge < -0.3 is 0 Å². The number of carbonyl (C=O) groups excluding carboxylic acids is 2. The Morgan fingerprint density at radius 2 is 1.50 bits per heavy atom. The minimum atomic E-state index is -4.50. The van der Waals surface area contributed by atoms with Gasteiger partial charge in [0.25, 0.3) is 27.5 Å². The molecule has 1 aromatic heterocycles. The molecular weight excluding hydrogens is 498 g/mol. The van der Waals surface area contributed by atoms with Crippen molar-refractivity contribution in [3.8, 4) is 0 Å². The minimum Gasteiger partial charge on any atom is -0.274 e. The van der Waals surface area contributed by atoms with E-state index in [1.807, 2.05) is 0 Å². The molecule has 0 spiro atoms. The van der Waals surface area contributed by atoms with Crippen molar-refractivity contribution in [2.45, 2.75) is 11.3 Å². The number of aromatic nitrogens is 2. The number of imidazole rings is 1. The van der Waals surface area contributed by atoms with Gasteiger partial charge in [-0.1, -0.05) is 12.1 Å². The summed E-state index contributed by atoms with van der Waals surface area (Å²) in [5.74, 6) is -3.87. The first-order chi connectivity index (χ1) is 17.1. The molecule has 0 N–H and O–H groups in total. The molecule has 0 saturated carbocycles. The molecule has 0 atom stereocenters. The predicted molar refractivity (Wildman–Crippen MR) is 121 cm³/mol. The molecule has 0 aliphatic carbocycles. The van der Waals surface area contributed by atoms with Crippen molar-refractivity contribution < 1.29 is 31.7 Å². The zero-order valence-electron chi connectivity index (χ0n) is 18.1. The molecule has 5 rings (SSSR count). The number of fused-ring (bicyclic) bond motifs is 2. The summed E-state index contributed by atoms with van der Waals surface area (Å²) in [7, 11) is -4.50. The number of non-ortho nitro benzene ring substituents is 1. The molecule has 4 aromatic rings. The average molecular weight is 512 g/mol. The second-order valence-electron chi connectivity index (χ2n) is 7.86. The monoisotopic (exact) mass is 512 g/mol. The smallest absolute Gasteiger partial charge is 0.269 e. The molecule has 0 radical (unpaired) electrons. The number of nitro benzene ring substituents is 1. The second-order valence-corrected chi connectivity index (χ2v) is 9.65. The number of benzene rings is 3. The molecule has 2 heterocycles. The van der Waals surface area contributed by atoms with Gasteiger partial charge in [0.1, 0.15) is 5.82 Å². The molecule has 0 saturated heterocycles. The van der Waals surface area contributed by atoms with Crippen LogP contribution in [0.1, 0.15) is 26.5 Å². The Morgan fingerprint density at radius 3 is 2.08 bits per heavy atom. The first-order valence-corrected chi connectivity index (χ1v) is 11.8. The average Bonchev–Trinajstić information content (AvgIpc) is 3.32. The maximum Gasteiger partial charge on any atom is 0.269 e. The van der Waals surface area contributed by atoms with Gasteiger partial charge in [-0.05, 0) is 24.3 Å². The summed E-state index contributed by atoms with van der Waals surface area (Å²) in [5, 5.41) is 10.9. The lowest BCUT2D eigenvalue weighted by Gasteiger charge is -2.15. The number of hydrogen-bond donors (Lipinski definition) is 0. The van der Waals surface area contributed by atoms with Crippen LogP contribution < -0.4 is 0 Å². The predicted octanol–water partition coefficient (Wildman–Crippen LogP) is 3.30. The molecule has 36 heavy (non-hydrogen) atoms. The van der Waals surface area contributed by atoms with Crippen LogP contribution in [0.2, 0.25) is 0 Å².